The SMILES string of the molecule is COc1cccc2cc(C(=O)N3CCC(n4c(=O)[nH]c5ccc(F)cc5c4=O)CC3)oc12. The van der Waals surface area contributed by atoms with Crippen molar-refractivity contribution in [1.29, 1.82) is 0 Å². The van der Waals surface area contributed by atoms with Gasteiger partial charge in [0.1, 0.15) is 5.82 Å². The summed E-state index contributed by atoms with van der Waals surface area (Å²) in [5.74, 6) is -0.0506. The molecule has 8 nitrogen and oxygen atoms in total. The van der Waals surface area contributed by atoms with E-state index in [-0.39, 0.29) is 17.1 Å². The van der Waals surface area contributed by atoms with Crippen LogP contribution >= 0.6 is 0 Å². The summed E-state index contributed by atoms with van der Waals surface area (Å²) < 4.78 is 25.8. The number of halogens is 1. The average Bonchev–Trinajstić information content (AvgIpc) is 3.24. The summed E-state index contributed by atoms with van der Waals surface area (Å²) >= 11 is 0. The number of hydrogen-bond acceptors (Lipinski definition) is 5. The molecule has 1 fully saturated rings. The molecule has 1 amide bonds. The Morgan fingerprint density at radius 3 is 2.69 bits per heavy atom. The van der Waals surface area contributed by atoms with Crippen molar-refractivity contribution in [1.82, 2.24) is 14.5 Å². The molecule has 164 valence electrons. The van der Waals surface area contributed by atoms with E-state index in [4.69, 9.17) is 9.15 Å². The lowest BCUT2D eigenvalue weighted by Crippen LogP contribution is -2.45. The van der Waals surface area contributed by atoms with Crippen molar-refractivity contribution in [2.75, 3.05) is 20.2 Å². The monoisotopic (exact) mass is 437 g/mol. The number of nitrogens with zero attached hydrogens (tertiary/aromatic N) is 2. The molecule has 1 N–H and O–H groups in total. The molecule has 4 aromatic rings. The summed E-state index contributed by atoms with van der Waals surface area (Å²) in [6.45, 7) is 0.704. The van der Waals surface area contributed by atoms with E-state index < -0.39 is 23.1 Å². The Bertz CT molecular complexity index is 1460. The third-order valence-electron chi connectivity index (χ3n) is 5.95. The van der Waals surface area contributed by atoms with Crippen LogP contribution in [0.25, 0.3) is 21.9 Å². The van der Waals surface area contributed by atoms with Crippen molar-refractivity contribution in [3.05, 3.63) is 74.9 Å². The molecule has 32 heavy (non-hydrogen) atoms. The number of likely N-dealkylation sites (tertiary alicyclic amines) is 1. The van der Waals surface area contributed by atoms with Crippen molar-refractivity contribution in [2.24, 2.45) is 0 Å². The Kier molecular flexibility index (Phi) is 4.80. The zero-order valence-electron chi connectivity index (χ0n) is 17.3. The molecule has 1 aliphatic rings. The van der Waals surface area contributed by atoms with Crippen LogP contribution in [0.5, 0.6) is 5.75 Å². The molecule has 0 spiro atoms. The van der Waals surface area contributed by atoms with Gasteiger partial charge in [-0.05, 0) is 43.2 Å². The standard InChI is InChI=1S/C23H20FN3O5/c1-31-18-4-2-3-13-11-19(32-20(13)18)22(29)26-9-7-15(8-10-26)27-21(28)16-12-14(24)5-6-17(16)25-23(27)30/h2-6,11-12,15H,7-10H2,1H3,(H,25,30). The van der Waals surface area contributed by atoms with Crippen molar-refractivity contribution in [2.45, 2.75) is 18.9 Å². The number of furan rings is 1. The molecule has 1 saturated heterocycles. The molecule has 9 heteroatoms. The summed E-state index contributed by atoms with van der Waals surface area (Å²) in [5.41, 5.74) is -0.263. The fraction of sp³-hybridized carbons (Fsp3) is 0.261. The van der Waals surface area contributed by atoms with Crippen LogP contribution < -0.4 is 16.0 Å². The van der Waals surface area contributed by atoms with Gasteiger partial charge in [0.25, 0.3) is 11.5 Å². The van der Waals surface area contributed by atoms with Crippen molar-refractivity contribution < 1.29 is 18.3 Å². The number of H-pyrrole nitrogens is 1. The minimum Gasteiger partial charge on any atom is -0.493 e. The third kappa shape index (κ3) is 3.26. The summed E-state index contributed by atoms with van der Waals surface area (Å²) in [7, 11) is 1.54. The Hall–Kier alpha value is -3.88. The highest BCUT2D eigenvalue weighted by Crippen LogP contribution is 2.30. The Balaban J connectivity index is 1.38. The fourth-order valence-electron chi connectivity index (χ4n) is 4.32. The van der Waals surface area contributed by atoms with Gasteiger partial charge in [-0.1, -0.05) is 12.1 Å². The number of amides is 1. The average molecular weight is 437 g/mol. The summed E-state index contributed by atoms with van der Waals surface area (Å²) in [5, 5.41) is 0.892. The number of rotatable bonds is 3. The highest BCUT2D eigenvalue weighted by atomic mass is 19.1. The lowest BCUT2D eigenvalue weighted by Gasteiger charge is -2.32. The maximum atomic E-state index is 13.6. The quantitative estimate of drug-likeness (QED) is 0.531. The van der Waals surface area contributed by atoms with Gasteiger partial charge >= 0.3 is 5.69 Å². The van der Waals surface area contributed by atoms with E-state index >= 15 is 0 Å². The number of benzene rings is 2. The predicted molar refractivity (Wildman–Crippen MR) is 116 cm³/mol. The second kappa shape index (κ2) is 7.67. The van der Waals surface area contributed by atoms with E-state index in [0.717, 1.165) is 16.0 Å². The molecule has 2 aromatic heterocycles. The highest BCUT2D eigenvalue weighted by molar-refractivity contribution is 5.97. The van der Waals surface area contributed by atoms with E-state index in [1.54, 1.807) is 17.0 Å². The van der Waals surface area contributed by atoms with Crippen LogP contribution in [0.15, 0.2) is 56.5 Å². The summed E-state index contributed by atoms with van der Waals surface area (Å²) in [4.78, 5) is 42.7. The summed E-state index contributed by atoms with van der Waals surface area (Å²) in [6.07, 6.45) is 0.832. The van der Waals surface area contributed by atoms with Crippen LogP contribution in [0, 0.1) is 5.82 Å². The molecule has 0 aliphatic carbocycles. The lowest BCUT2D eigenvalue weighted by atomic mass is 10.0. The van der Waals surface area contributed by atoms with Gasteiger partial charge in [-0.2, -0.15) is 0 Å². The normalized spacial score (nSPS) is 14.9. The molecule has 0 saturated carbocycles. The fourth-order valence-corrected chi connectivity index (χ4v) is 4.32. The van der Waals surface area contributed by atoms with Crippen molar-refractivity contribution in [3.8, 4) is 5.75 Å². The number of hydrogen-bond donors (Lipinski definition) is 1. The zero-order valence-corrected chi connectivity index (χ0v) is 17.3. The van der Waals surface area contributed by atoms with E-state index in [2.05, 4.69) is 4.98 Å². The van der Waals surface area contributed by atoms with Gasteiger partial charge in [0.05, 0.1) is 18.0 Å². The Morgan fingerprint density at radius 1 is 1.16 bits per heavy atom. The number of ether oxygens (including phenoxy) is 1. The molecule has 0 bridgehead atoms. The molecule has 5 rings (SSSR count). The van der Waals surface area contributed by atoms with Crippen LogP contribution in [-0.2, 0) is 0 Å². The number of aromatic nitrogens is 2. The first-order valence-electron chi connectivity index (χ1n) is 10.3. The van der Waals surface area contributed by atoms with Crippen LogP contribution in [0.2, 0.25) is 0 Å². The molecule has 0 atom stereocenters. The molecular formula is C23H20FN3O5. The Morgan fingerprint density at radius 2 is 1.94 bits per heavy atom. The smallest absolute Gasteiger partial charge is 0.329 e. The number of carbonyl (C=O) groups is 1. The van der Waals surface area contributed by atoms with Gasteiger partial charge in [-0.3, -0.25) is 14.2 Å². The van der Waals surface area contributed by atoms with Gasteiger partial charge in [-0.25, -0.2) is 9.18 Å². The first-order chi connectivity index (χ1) is 15.5. The molecule has 3 heterocycles. The van der Waals surface area contributed by atoms with E-state index in [1.165, 1.54) is 19.2 Å². The number of nitrogens with one attached hydrogen (secondary N) is 1. The van der Waals surface area contributed by atoms with Crippen LogP contribution in [0.1, 0.15) is 29.4 Å². The first kappa shape index (κ1) is 20.0. The second-order valence-corrected chi connectivity index (χ2v) is 7.81. The maximum Gasteiger partial charge on any atom is 0.329 e. The largest absolute Gasteiger partial charge is 0.493 e. The number of aromatic amines is 1. The van der Waals surface area contributed by atoms with E-state index in [0.29, 0.717) is 42.8 Å². The maximum absolute atomic E-state index is 13.6. The van der Waals surface area contributed by atoms with Gasteiger partial charge in [0.15, 0.2) is 17.1 Å². The van der Waals surface area contributed by atoms with Crippen LogP contribution in [-0.4, -0.2) is 40.6 Å². The minimum absolute atomic E-state index is 0.124. The van der Waals surface area contributed by atoms with Gasteiger partial charge < -0.3 is 19.0 Å². The topological polar surface area (TPSA) is 97.5 Å². The molecule has 0 unspecified atom stereocenters. The molecule has 1 aliphatic heterocycles. The Labute approximate surface area is 180 Å². The summed E-state index contributed by atoms with van der Waals surface area (Å²) in [6, 6.07) is 10.4. The van der Waals surface area contributed by atoms with Gasteiger partial charge in [0.2, 0.25) is 0 Å². The second-order valence-electron chi connectivity index (χ2n) is 7.81. The minimum atomic E-state index is -0.545. The highest BCUT2D eigenvalue weighted by Gasteiger charge is 2.28. The first-order valence-corrected chi connectivity index (χ1v) is 10.3. The molecule has 2 aromatic carbocycles. The number of methoxy groups -OCH3 is 1. The number of carbonyl (C=O) groups excluding carboxylic acids is 1. The van der Waals surface area contributed by atoms with Crippen LogP contribution in [0.3, 0.4) is 0 Å². The zero-order chi connectivity index (χ0) is 22.4. The molecule has 0 radical (unpaired) electrons. The number of fused-ring (bicyclic) bond motifs is 2. The van der Waals surface area contributed by atoms with E-state index in [9.17, 15) is 18.8 Å². The van der Waals surface area contributed by atoms with Gasteiger partial charge in [-0.15, -0.1) is 0 Å². The number of piperidine rings is 1. The molecular weight excluding hydrogens is 417 g/mol. The van der Waals surface area contributed by atoms with Crippen molar-refractivity contribution >= 4 is 27.8 Å². The lowest BCUT2D eigenvalue weighted by molar-refractivity contribution is 0.0662. The van der Waals surface area contributed by atoms with E-state index in [1.807, 2.05) is 12.1 Å². The predicted octanol–water partition coefficient (Wildman–Crippen LogP) is 3.06. The third-order valence-corrected chi connectivity index (χ3v) is 5.95. The number of para-hydroxylation sites is 1. The van der Waals surface area contributed by atoms with Crippen molar-refractivity contribution in [3.63, 3.8) is 0 Å². The van der Waals surface area contributed by atoms with Crippen LogP contribution in [0.4, 0.5) is 4.39 Å². The van der Waals surface area contributed by atoms with Gasteiger partial charge in [0, 0.05) is 24.5 Å².